The predicted octanol–water partition coefficient (Wildman–Crippen LogP) is 5.02. The van der Waals surface area contributed by atoms with Crippen molar-refractivity contribution in [1.29, 1.82) is 0 Å². The first-order valence-electron chi connectivity index (χ1n) is 9.66. The molecule has 1 heterocycles. The van der Waals surface area contributed by atoms with Crippen LogP contribution in [0.1, 0.15) is 23.7 Å². The zero-order valence-corrected chi connectivity index (χ0v) is 19.0. The fraction of sp³-hybridized carbons (Fsp3) is 0.364. The van der Waals surface area contributed by atoms with Crippen LogP contribution in [0.25, 0.3) is 10.2 Å². The average molecular weight is 430 g/mol. The van der Waals surface area contributed by atoms with Crippen molar-refractivity contribution in [2.75, 3.05) is 44.9 Å². The topological polar surface area (TPSA) is 45.7 Å². The van der Waals surface area contributed by atoms with E-state index in [1.807, 2.05) is 61.5 Å². The molecule has 0 spiro atoms. The molecule has 0 aliphatic heterocycles. The van der Waals surface area contributed by atoms with Crippen molar-refractivity contribution in [3.8, 4) is 5.75 Å². The number of aromatic nitrogens is 1. The fourth-order valence-electron chi connectivity index (χ4n) is 3.06. The molecule has 0 fully saturated rings. The van der Waals surface area contributed by atoms with Crippen LogP contribution < -0.4 is 9.64 Å². The van der Waals surface area contributed by atoms with Crippen LogP contribution in [-0.4, -0.2) is 55.8 Å². The molecule has 0 radical (unpaired) electrons. The Hall–Kier alpha value is -2.09. The SMILES string of the molecule is CCSc1cccc(C(=O)N(CCCN(C)C)c2nc3c(OC)cccc3s2)c1. The lowest BCUT2D eigenvalue weighted by atomic mass is 10.2. The molecule has 5 nitrogen and oxygen atoms in total. The standard InChI is InChI=1S/C22H27N3O2S2/c1-5-28-17-10-6-9-16(15-17)21(26)25(14-8-13-24(2)3)22-23-20-18(27-4)11-7-12-19(20)29-22/h6-7,9-12,15H,5,8,13-14H2,1-4H3. The summed E-state index contributed by atoms with van der Waals surface area (Å²) in [5.74, 6) is 1.69. The third-order valence-electron chi connectivity index (χ3n) is 4.45. The highest BCUT2D eigenvalue weighted by Gasteiger charge is 2.22. The van der Waals surface area contributed by atoms with Gasteiger partial charge in [-0.05, 0) is 63.1 Å². The second-order valence-electron chi connectivity index (χ2n) is 6.88. The molecule has 7 heteroatoms. The number of para-hydroxylation sites is 1. The van der Waals surface area contributed by atoms with Gasteiger partial charge in [-0.25, -0.2) is 4.98 Å². The minimum Gasteiger partial charge on any atom is -0.494 e. The van der Waals surface area contributed by atoms with E-state index in [0.29, 0.717) is 17.2 Å². The van der Waals surface area contributed by atoms with Gasteiger partial charge in [0.15, 0.2) is 5.13 Å². The summed E-state index contributed by atoms with van der Waals surface area (Å²) >= 11 is 3.26. The summed E-state index contributed by atoms with van der Waals surface area (Å²) in [6.07, 6.45) is 0.870. The third kappa shape index (κ3) is 5.29. The van der Waals surface area contributed by atoms with E-state index in [9.17, 15) is 4.79 Å². The number of rotatable bonds is 9. The van der Waals surface area contributed by atoms with Crippen molar-refractivity contribution in [1.82, 2.24) is 9.88 Å². The van der Waals surface area contributed by atoms with E-state index in [1.54, 1.807) is 18.9 Å². The van der Waals surface area contributed by atoms with Gasteiger partial charge in [-0.1, -0.05) is 30.4 Å². The Morgan fingerprint density at radius 2 is 1.97 bits per heavy atom. The van der Waals surface area contributed by atoms with Crippen LogP contribution in [-0.2, 0) is 0 Å². The molecule has 154 valence electrons. The second kappa shape index (κ2) is 10.1. The van der Waals surface area contributed by atoms with E-state index < -0.39 is 0 Å². The summed E-state index contributed by atoms with van der Waals surface area (Å²) < 4.78 is 6.47. The average Bonchev–Trinajstić information content (AvgIpc) is 3.15. The number of anilines is 1. The second-order valence-corrected chi connectivity index (χ2v) is 9.22. The van der Waals surface area contributed by atoms with Crippen molar-refractivity contribution in [3.63, 3.8) is 0 Å². The van der Waals surface area contributed by atoms with Crippen LogP contribution in [0.2, 0.25) is 0 Å². The molecule has 0 aliphatic rings. The Balaban J connectivity index is 1.96. The fourth-order valence-corrected chi connectivity index (χ4v) is 4.79. The monoisotopic (exact) mass is 429 g/mol. The molecule has 0 saturated carbocycles. The van der Waals surface area contributed by atoms with Crippen LogP contribution in [0.4, 0.5) is 5.13 Å². The van der Waals surface area contributed by atoms with Gasteiger partial charge in [0, 0.05) is 17.0 Å². The number of carbonyl (C=O) groups excluding carboxylic acids is 1. The summed E-state index contributed by atoms with van der Waals surface area (Å²) in [6, 6.07) is 13.7. The lowest BCUT2D eigenvalue weighted by molar-refractivity contribution is 0.0986. The maximum atomic E-state index is 13.4. The van der Waals surface area contributed by atoms with Gasteiger partial charge in [-0.2, -0.15) is 0 Å². The van der Waals surface area contributed by atoms with E-state index in [-0.39, 0.29) is 5.91 Å². The van der Waals surface area contributed by atoms with Crippen LogP contribution in [0.15, 0.2) is 47.4 Å². The largest absolute Gasteiger partial charge is 0.494 e. The Morgan fingerprint density at radius 3 is 2.69 bits per heavy atom. The summed E-state index contributed by atoms with van der Waals surface area (Å²) in [5.41, 5.74) is 1.50. The minimum absolute atomic E-state index is 0.0136. The van der Waals surface area contributed by atoms with Gasteiger partial charge in [0.05, 0.1) is 11.8 Å². The molecule has 0 unspecified atom stereocenters. The first-order valence-corrected chi connectivity index (χ1v) is 11.5. The number of fused-ring (bicyclic) bond motifs is 1. The van der Waals surface area contributed by atoms with Gasteiger partial charge in [0.25, 0.3) is 5.91 Å². The zero-order chi connectivity index (χ0) is 20.8. The molecule has 1 aromatic heterocycles. The Labute approximate surface area is 180 Å². The number of nitrogens with zero attached hydrogens (tertiary/aromatic N) is 3. The van der Waals surface area contributed by atoms with Crippen molar-refractivity contribution in [3.05, 3.63) is 48.0 Å². The van der Waals surface area contributed by atoms with Crippen LogP contribution in [0, 0.1) is 0 Å². The van der Waals surface area contributed by atoms with Crippen molar-refractivity contribution in [2.24, 2.45) is 0 Å². The summed E-state index contributed by atoms with van der Waals surface area (Å²) in [6.45, 7) is 3.63. The first kappa shape index (κ1) is 21.6. The quantitative estimate of drug-likeness (QED) is 0.447. The van der Waals surface area contributed by atoms with E-state index >= 15 is 0 Å². The van der Waals surface area contributed by atoms with Crippen molar-refractivity contribution in [2.45, 2.75) is 18.2 Å². The molecule has 0 atom stereocenters. The van der Waals surface area contributed by atoms with Gasteiger partial charge in [0.1, 0.15) is 11.3 Å². The highest BCUT2D eigenvalue weighted by Crippen LogP contribution is 2.35. The van der Waals surface area contributed by atoms with Gasteiger partial charge >= 0.3 is 0 Å². The number of benzene rings is 2. The molecule has 0 bridgehead atoms. The van der Waals surface area contributed by atoms with Crippen molar-refractivity contribution >= 4 is 44.4 Å². The Kier molecular flexibility index (Phi) is 7.52. The van der Waals surface area contributed by atoms with E-state index in [4.69, 9.17) is 9.72 Å². The van der Waals surface area contributed by atoms with Crippen LogP contribution in [0.5, 0.6) is 5.75 Å². The smallest absolute Gasteiger partial charge is 0.260 e. The molecule has 0 aliphatic carbocycles. The molecule has 3 rings (SSSR count). The molecular formula is C22H27N3O2S2. The van der Waals surface area contributed by atoms with Gasteiger partial charge in [0.2, 0.25) is 0 Å². The maximum absolute atomic E-state index is 13.4. The molecule has 2 aromatic carbocycles. The number of thioether (sulfide) groups is 1. The molecule has 3 aromatic rings. The maximum Gasteiger partial charge on any atom is 0.260 e. The van der Waals surface area contributed by atoms with Gasteiger partial charge in [-0.3, -0.25) is 9.69 Å². The lowest BCUT2D eigenvalue weighted by Crippen LogP contribution is -2.33. The zero-order valence-electron chi connectivity index (χ0n) is 17.3. The van der Waals surface area contributed by atoms with E-state index in [1.165, 1.54) is 11.3 Å². The molecule has 1 amide bonds. The number of amides is 1. The molecule has 29 heavy (non-hydrogen) atoms. The molecular weight excluding hydrogens is 402 g/mol. The number of methoxy groups -OCH3 is 1. The van der Waals surface area contributed by atoms with Crippen LogP contribution >= 0.6 is 23.1 Å². The highest BCUT2D eigenvalue weighted by atomic mass is 32.2. The molecule has 0 saturated heterocycles. The normalized spacial score (nSPS) is 11.2. The summed E-state index contributed by atoms with van der Waals surface area (Å²) in [4.78, 5) is 23.3. The number of thiazole rings is 1. The van der Waals surface area contributed by atoms with E-state index in [2.05, 4.69) is 11.8 Å². The Bertz CT molecular complexity index is 972. The third-order valence-corrected chi connectivity index (χ3v) is 6.37. The Morgan fingerprint density at radius 1 is 1.17 bits per heavy atom. The number of carbonyl (C=O) groups is 1. The number of ether oxygens (including phenoxy) is 1. The summed E-state index contributed by atoms with van der Waals surface area (Å²) in [5, 5.41) is 0.710. The summed E-state index contributed by atoms with van der Waals surface area (Å²) in [7, 11) is 5.73. The van der Waals surface area contributed by atoms with E-state index in [0.717, 1.165) is 39.6 Å². The van der Waals surface area contributed by atoms with Crippen molar-refractivity contribution < 1.29 is 9.53 Å². The molecule has 0 N–H and O–H groups in total. The number of hydrogen-bond acceptors (Lipinski definition) is 6. The number of hydrogen-bond donors (Lipinski definition) is 0. The minimum atomic E-state index is -0.0136. The first-order chi connectivity index (χ1) is 14.0. The lowest BCUT2D eigenvalue weighted by Gasteiger charge is -2.21. The van der Waals surface area contributed by atoms with Gasteiger partial charge < -0.3 is 9.64 Å². The highest BCUT2D eigenvalue weighted by molar-refractivity contribution is 7.99. The van der Waals surface area contributed by atoms with Gasteiger partial charge in [-0.15, -0.1) is 11.8 Å². The predicted molar refractivity (Wildman–Crippen MR) is 124 cm³/mol. The van der Waals surface area contributed by atoms with Crippen LogP contribution in [0.3, 0.4) is 0 Å².